The lowest BCUT2D eigenvalue weighted by Crippen LogP contribution is -2.35. The number of carbonyl (C=O) groups is 3. The first kappa shape index (κ1) is 22.5. The number of aryl methyl sites for hydroxylation is 1. The van der Waals surface area contributed by atoms with Crippen molar-refractivity contribution in [2.24, 2.45) is 0 Å². The van der Waals surface area contributed by atoms with Crippen molar-refractivity contribution >= 4 is 52.0 Å². The first-order valence-electron chi connectivity index (χ1n) is 9.66. The van der Waals surface area contributed by atoms with Crippen LogP contribution in [-0.4, -0.2) is 36.2 Å². The predicted octanol–water partition coefficient (Wildman–Crippen LogP) is 4.93. The lowest BCUT2D eigenvalue weighted by Gasteiger charge is -2.18. The number of benzene rings is 2. The van der Waals surface area contributed by atoms with Gasteiger partial charge >= 0.3 is 0 Å². The Morgan fingerprint density at radius 2 is 1.77 bits per heavy atom. The van der Waals surface area contributed by atoms with Gasteiger partial charge in [-0.15, -0.1) is 11.3 Å². The number of amides is 3. The summed E-state index contributed by atoms with van der Waals surface area (Å²) in [5, 5.41) is 7.69. The minimum atomic E-state index is -0.359. The zero-order valence-corrected chi connectivity index (χ0v) is 18.7. The molecule has 6 nitrogen and oxygen atoms in total. The summed E-state index contributed by atoms with van der Waals surface area (Å²) in [6.07, 6.45) is 0.788. The molecule has 0 aliphatic rings. The van der Waals surface area contributed by atoms with E-state index in [0.29, 0.717) is 21.2 Å². The average molecular weight is 456 g/mol. The number of carbonyl (C=O) groups excluding carboxylic acids is 3. The minimum Gasteiger partial charge on any atom is -0.332 e. The first-order chi connectivity index (χ1) is 14.9. The molecule has 0 fully saturated rings. The summed E-state index contributed by atoms with van der Waals surface area (Å²) in [5.41, 5.74) is 2.41. The molecule has 1 heterocycles. The van der Waals surface area contributed by atoms with Crippen LogP contribution in [0.1, 0.15) is 32.5 Å². The maximum atomic E-state index is 12.8. The second-order valence-corrected chi connectivity index (χ2v) is 8.20. The van der Waals surface area contributed by atoms with Crippen molar-refractivity contribution in [1.29, 1.82) is 0 Å². The lowest BCUT2D eigenvalue weighted by molar-refractivity contribution is -0.116. The number of halogens is 1. The first-order valence-corrected chi connectivity index (χ1v) is 10.9. The summed E-state index contributed by atoms with van der Waals surface area (Å²) in [5.74, 6) is -0.956. The summed E-state index contributed by atoms with van der Waals surface area (Å²) >= 11 is 7.50. The molecule has 2 aromatic carbocycles. The summed E-state index contributed by atoms with van der Waals surface area (Å²) in [6, 6.07) is 15.6. The van der Waals surface area contributed by atoms with E-state index in [1.54, 1.807) is 36.7 Å². The Labute approximate surface area is 189 Å². The van der Waals surface area contributed by atoms with Crippen LogP contribution in [0.2, 0.25) is 5.02 Å². The molecule has 0 unspecified atom stereocenters. The van der Waals surface area contributed by atoms with Gasteiger partial charge in [-0.1, -0.05) is 42.8 Å². The molecule has 3 amide bonds. The van der Waals surface area contributed by atoms with Crippen LogP contribution in [0.15, 0.2) is 60.0 Å². The van der Waals surface area contributed by atoms with Gasteiger partial charge in [-0.25, -0.2) is 0 Å². The fourth-order valence-corrected chi connectivity index (χ4v) is 3.78. The summed E-state index contributed by atoms with van der Waals surface area (Å²) < 4.78 is 0. The Kier molecular flexibility index (Phi) is 7.44. The number of thiophene rings is 1. The Morgan fingerprint density at radius 1 is 1.00 bits per heavy atom. The van der Waals surface area contributed by atoms with Gasteiger partial charge in [0.2, 0.25) is 5.91 Å². The van der Waals surface area contributed by atoms with Crippen molar-refractivity contribution < 1.29 is 14.4 Å². The topological polar surface area (TPSA) is 78.5 Å². The SMILES string of the molecule is CCc1ccccc1NC(=O)CN(C)C(=O)c1ccc(Cl)c(NC(=O)c2cccs2)c1. The molecular formula is C23H22ClN3O3S. The highest BCUT2D eigenvalue weighted by atomic mass is 35.5. The van der Waals surface area contributed by atoms with E-state index in [1.807, 2.05) is 31.2 Å². The Bertz CT molecular complexity index is 1100. The van der Waals surface area contributed by atoms with E-state index in [4.69, 9.17) is 11.6 Å². The second-order valence-electron chi connectivity index (χ2n) is 6.85. The third-order valence-electron chi connectivity index (χ3n) is 4.61. The van der Waals surface area contributed by atoms with Gasteiger partial charge in [-0.3, -0.25) is 14.4 Å². The fraction of sp³-hybridized carbons (Fsp3) is 0.174. The van der Waals surface area contributed by atoms with Crippen molar-refractivity contribution in [3.8, 4) is 0 Å². The van der Waals surface area contributed by atoms with Gasteiger partial charge in [0.05, 0.1) is 22.1 Å². The zero-order valence-electron chi connectivity index (χ0n) is 17.1. The Hall–Kier alpha value is -3.16. The van der Waals surface area contributed by atoms with Gasteiger partial charge in [-0.2, -0.15) is 0 Å². The van der Waals surface area contributed by atoms with Crippen LogP contribution in [0.4, 0.5) is 11.4 Å². The highest BCUT2D eigenvalue weighted by Gasteiger charge is 2.18. The van der Waals surface area contributed by atoms with Gasteiger partial charge in [0.1, 0.15) is 0 Å². The van der Waals surface area contributed by atoms with E-state index in [2.05, 4.69) is 10.6 Å². The van der Waals surface area contributed by atoms with E-state index in [0.717, 1.165) is 17.7 Å². The van der Waals surface area contributed by atoms with Crippen molar-refractivity contribution in [2.45, 2.75) is 13.3 Å². The lowest BCUT2D eigenvalue weighted by atomic mass is 10.1. The van der Waals surface area contributed by atoms with Crippen LogP contribution < -0.4 is 10.6 Å². The molecule has 0 aliphatic heterocycles. The van der Waals surface area contributed by atoms with E-state index < -0.39 is 0 Å². The van der Waals surface area contributed by atoms with Gasteiger partial charge in [-0.05, 0) is 47.7 Å². The molecule has 0 saturated carbocycles. The summed E-state index contributed by atoms with van der Waals surface area (Å²) in [4.78, 5) is 39.4. The molecule has 0 radical (unpaired) electrons. The number of nitrogens with zero attached hydrogens (tertiary/aromatic N) is 1. The average Bonchev–Trinajstić information content (AvgIpc) is 3.30. The normalized spacial score (nSPS) is 10.4. The van der Waals surface area contributed by atoms with Crippen molar-refractivity contribution in [3.05, 3.63) is 81.0 Å². The molecular weight excluding hydrogens is 434 g/mol. The smallest absolute Gasteiger partial charge is 0.265 e. The molecule has 0 saturated heterocycles. The monoisotopic (exact) mass is 455 g/mol. The largest absolute Gasteiger partial charge is 0.332 e. The number of para-hydroxylation sites is 1. The van der Waals surface area contributed by atoms with Crippen molar-refractivity contribution in [1.82, 2.24) is 4.90 Å². The van der Waals surface area contributed by atoms with Gasteiger partial charge < -0.3 is 15.5 Å². The van der Waals surface area contributed by atoms with Crippen LogP contribution in [0.3, 0.4) is 0 Å². The Morgan fingerprint density at radius 3 is 2.48 bits per heavy atom. The number of likely N-dealkylation sites (N-methyl/N-ethyl adjacent to an activating group) is 1. The highest BCUT2D eigenvalue weighted by molar-refractivity contribution is 7.12. The van der Waals surface area contributed by atoms with E-state index >= 15 is 0 Å². The summed E-state index contributed by atoms with van der Waals surface area (Å²) in [7, 11) is 1.55. The molecule has 2 N–H and O–H groups in total. The molecule has 3 rings (SSSR count). The number of rotatable bonds is 7. The number of hydrogen-bond acceptors (Lipinski definition) is 4. The van der Waals surface area contributed by atoms with Crippen LogP contribution in [0, 0.1) is 0 Å². The molecule has 1 aromatic heterocycles. The summed E-state index contributed by atoms with van der Waals surface area (Å²) in [6.45, 7) is 1.90. The molecule has 160 valence electrons. The van der Waals surface area contributed by atoms with Crippen molar-refractivity contribution in [3.63, 3.8) is 0 Å². The van der Waals surface area contributed by atoms with E-state index in [9.17, 15) is 14.4 Å². The van der Waals surface area contributed by atoms with E-state index in [-0.39, 0.29) is 24.3 Å². The quantitative estimate of drug-likeness (QED) is 0.530. The molecule has 8 heteroatoms. The fourth-order valence-electron chi connectivity index (χ4n) is 2.99. The zero-order chi connectivity index (χ0) is 22.4. The van der Waals surface area contributed by atoms with Crippen LogP contribution >= 0.6 is 22.9 Å². The van der Waals surface area contributed by atoms with Gasteiger partial charge in [0.25, 0.3) is 11.8 Å². The third kappa shape index (κ3) is 5.71. The number of anilines is 2. The van der Waals surface area contributed by atoms with Crippen molar-refractivity contribution in [2.75, 3.05) is 24.2 Å². The number of nitrogens with one attached hydrogen (secondary N) is 2. The maximum absolute atomic E-state index is 12.8. The molecule has 3 aromatic rings. The second kappa shape index (κ2) is 10.2. The van der Waals surface area contributed by atoms with Gasteiger partial charge in [0, 0.05) is 18.3 Å². The maximum Gasteiger partial charge on any atom is 0.265 e. The van der Waals surface area contributed by atoms with Crippen LogP contribution in [0.25, 0.3) is 0 Å². The minimum absolute atomic E-state index is 0.115. The van der Waals surface area contributed by atoms with Crippen LogP contribution in [0.5, 0.6) is 0 Å². The molecule has 31 heavy (non-hydrogen) atoms. The molecule has 0 spiro atoms. The third-order valence-corrected chi connectivity index (χ3v) is 5.80. The van der Waals surface area contributed by atoms with Crippen LogP contribution in [-0.2, 0) is 11.2 Å². The number of hydrogen-bond donors (Lipinski definition) is 2. The molecule has 0 aliphatic carbocycles. The van der Waals surface area contributed by atoms with Gasteiger partial charge in [0.15, 0.2) is 0 Å². The Balaban J connectivity index is 1.67. The predicted molar refractivity (Wildman–Crippen MR) is 125 cm³/mol. The standard InChI is InChI=1S/C23H22ClN3O3S/c1-3-15-7-4-5-8-18(15)25-21(28)14-27(2)23(30)16-10-11-17(24)19(13-16)26-22(29)20-9-6-12-31-20/h4-13H,3,14H2,1-2H3,(H,25,28)(H,26,29). The molecule has 0 bridgehead atoms. The van der Waals surface area contributed by atoms with E-state index in [1.165, 1.54) is 22.3 Å². The molecule has 0 atom stereocenters. The highest BCUT2D eigenvalue weighted by Crippen LogP contribution is 2.25.